The summed E-state index contributed by atoms with van der Waals surface area (Å²) in [6.07, 6.45) is 4.80. The molecular weight excluding hydrogens is 397 g/mol. The molecule has 0 bridgehead atoms. The molecule has 2 aromatic rings. The number of amides is 1. The molecule has 158 valence electrons. The zero-order valence-electron chi connectivity index (χ0n) is 16.2. The van der Waals surface area contributed by atoms with Gasteiger partial charge in [-0.25, -0.2) is 14.5 Å². The molecule has 30 heavy (non-hydrogen) atoms. The van der Waals surface area contributed by atoms with Gasteiger partial charge in [-0.2, -0.15) is 19.1 Å². The number of aromatic nitrogens is 2. The van der Waals surface area contributed by atoms with Crippen molar-refractivity contribution in [3.63, 3.8) is 0 Å². The van der Waals surface area contributed by atoms with Crippen LogP contribution < -0.4 is 16.2 Å². The van der Waals surface area contributed by atoms with Crippen LogP contribution in [0.3, 0.4) is 0 Å². The normalized spacial score (nSPS) is 25.7. The van der Waals surface area contributed by atoms with Crippen LogP contribution in [0.4, 0.5) is 13.2 Å². The van der Waals surface area contributed by atoms with Crippen molar-refractivity contribution in [2.45, 2.75) is 50.9 Å². The molecule has 4 rings (SSSR count). The fourth-order valence-corrected chi connectivity index (χ4v) is 4.43. The van der Waals surface area contributed by atoms with Gasteiger partial charge in [0.2, 0.25) is 0 Å². The summed E-state index contributed by atoms with van der Waals surface area (Å²) in [4.78, 5) is 12.8. The fourth-order valence-electron chi connectivity index (χ4n) is 4.43. The van der Waals surface area contributed by atoms with E-state index < -0.39 is 18.3 Å². The lowest BCUT2D eigenvalue weighted by molar-refractivity contribution is 0.0564. The number of hydrazine groups is 1. The van der Waals surface area contributed by atoms with Gasteiger partial charge in [-0.15, -0.1) is 0 Å². The van der Waals surface area contributed by atoms with Gasteiger partial charge in [0.25, 0.3) is 5.91 Å². The Morgan fingerprint density at radius 2 is 2.17 bits per heavy atom. The van der Waals surface area contributed by atoms with Crippen LogP contribution in [0.2, 0.25) is 0 Å². The van der Waals surface area contributed by atoms with Gasteiger partial charge in [0.1, 0.15) is 6.07 Å². The number of carbonyl (C=O) groups is 1. The summed E-state index contributed by atoms with van der Waals surface area (Å²) < 4.78 is 40.8. The zero-order valence-corrected chi connectivity index (χ0v) is 16.2. The Bertz CT molecular complexity index is 1000. The number of nitrogens with zero attached hydrogens (tertiary/aromatic N) is 3. The summed E-state index contributed by atoms with van der Waals surface area (Å²) in [5.41, 5.74) is 7.16. The van der Waals surface area contributed by atoms with E-state index in [9.17, 15) is 18.0 Å². The van der Waals surface area contributed by atoms with Crippen LogP contribution in [0, 0.1) is 30.0 Å². The SMILES string of the molecule is Cc1ccc(C#N)c(F)c1C(=O)NC1CCC2NNC(c3cnn(C(F)F)c3)C2C1. The van der Waals surface area contributed by atoms with Crippen LogP contribution in [-0.4, -0.2) is 27.8 Å². The number of nitrogens with one attached hydrogen (secondary N) is 3. The molecular formula is C20H21F3N6O. The Morgan fingerprint density at radius 3 is 2.87 bits per heavy atom. The van der Waals surface area contributed by atoms with Crippen molar-refractivity contribution < 1.29 is 18.0 Å². The van der Waals surface area contributed by atoms with Gasteiger partial charge in [0.05, 0.1) is 23.4 Å². The van der Waals surface area contributed by atoms with Crippen molar-refractivity contribution in [1.29, 1.82) is 5.26 Å². The predicted molar refractivity (Wildman–Crippen MR) is 101 cm³/mol. The molecule has 1 aliphatic carbocycles. The molecule has 1 saturated heterocycles. The smallest absolute Gasteiger partial charge is 0.333 e. The average Bonchev–Trinajstić information content (AvgIpc) is 3.35. The number of nitriles is 1. The number of halogens is 3. The van der Waals surface area contributed by atoms with Gasteiger partial charge in [-0.05, 0) is 43.7 Å². The highest BCUT2D eigenvalue weighted by molar-refractivity contribution is 5.96. The number of aryl methyl sites for hydroxylation is 1. The number of hydrogen-bond acceptors (Lipinski definition) is 5. The fraction of sp³-hybridized carbons (Fsp3) is 0.450. The van der Waals surface area contributed by atoms with Gasteiger partial charge in [-0.1, -0.05) is 6.07 Å². The van der Waals surface area contributed by atoms with E-state index in [-0.39, 0.29) is 35.2 Å². The zero-order chi connectivity index (χ0) is 21.4. The van der Waals surface area contributed by atoms with Crippen molar-refractivity contribution in [3.8, 4) is 6.07 Å². The molecule has 1 aromatic heterocycles. The first-order chi connectivity index (χ1) is 14.4. The minimum atomic E-state index is -2.70. The highest BCUT2D eigenvalue weighted by atomic mass is 19.3. The van der Waals surface area contributed by atoms with Crippen molar-refractivity contribution in [3.05, 3.63) is 52.6 Å². The van der Waals surface area contributed by atoms with Gasteiger partial charge >= 0.3 is 6.55 Å². The highest BCUT2D eigenvalue weighted by Gasteiger charge is 2.42. The Balaban J connectivity index is 1.49. The largest absolute Gasteiger partial charge is 0.349 e. The first-order valence-corrected chi connectivity index (χ1v) is 9.72. The van der Waals surface area contributed by atoms with Gasteiger partial charge in [0.15, 0.2) is 5.82 Å². The summed E-state index contributed by atoms with van der Waals surface area (Å²) in [6, 6.07) is 4.38. The second-order valence-corrected chi connectivity index (χ2v) is 7.78. The lowest BCUT2D eigenvalue weighted by Crippen LogP contribution is -2.44. The summed E-state index contributed by atoms with van der Waals surface area (Å²) in [5.74, 6) is -1.31. The van der Waals surface area contributed by atoms with Crippen molar-refractivity contribution in [1.82, 2.24) is 25.9 Å². The lowest BCUT2D eigenvalue weighted by atomic mass is 9.77. The van der Waals surface area contributed by atoms with Gasteiger partial charge in [0, 0.05) is 23.8 Å². The van der Waals surface area contributed by atoms with Gasteiger partial charge < -0.3 is 5.32 Å². The first kappa shape index (κ1) is 20.4. The number of alkyl halides is 2. The van der Waals surface area contributed by atoms with E-state index in [0.29, 0.717) is 28.7 Å². The third kappa shape index (κ3) is 3.66. The molecule has 1 aromatic carbocycles. The maximum Gasteiger partial charge on any atom is 0.333 e. The quantitative estimate of drug-likeness (QED) is 0.710. The van der Waals surface area contributed by atoms with Crippen LogP contribution in [0.25, 0.3) is 0 Å². The second-order valence-electron chi connectivity index (χ2n) is 7.78. The molecule has 2 heterocycles. The molecule has 4 unspecified atom stereocenters. The van der Waals surface area contributed by atoms with Crippen LogP contribution in [0.5, 0.6) is 0 Å². The summed E-state index contributed by atoms with van der Waals surface area (Å²) in [5, 5.41) is 15.6. The van der Waals surface area contributed by atoms with Crippen molar-refractivity contribution in [2.75, 3.05) is 0 Å². The van der Waals surface area contributed by atoms with Crippen LogP contribution in [0.1, 0.15) is 58.9 Å². The molecule has 4 atom stereocenters. The Hall–Kier alpha value is -2.90. The van der Waals surface area contributed by atoms with Crippen LogP contribution in [0.15, 0.2) is 24.5 Å². The first-order valence-electron chi connectivity index (χ1n) is 9.72. The van der Waals surface area contributed by atoms with E-state index in [1.165, 1.54) is 18.5 Å². The molecule has 2 aliphatic rings. The third-order valence-corrected chi connectivity index (χ3v) is 5.97. The summed E-state index contributed by atoms with van der Waals surface area (Å²) in [6.45, 7) is -1.08. The van der Waals surface area contributed by atoms with E-state index in [1.807, 2.05) is 0 Å². The lowest BCUT2D eigenvalue weighted by Gasteiger charge is -2.33. The Labute approximate surface area is 171 Å². The molecule has 1 amide bonds. The number of fused-ring (bicyclic) bond motifs is 1. The van der Waals surface area contributed by atoms with Crippen LogP contribution in [-0.2, 0) is 0 Å². The second kappa shape index (κ2) is 8.08. The molecule has 10 heteroatoms. The molecule has 3 N–H and O–H groups in total. The molecule has 0 spiro atoms. The number of hydrogen-bond donors (Lipinski definition) is 3. The number of rotatable bonds is 4. The molecule has 7 nitrogen and oxygen atoms in total. The average molecular weight is 418 g/mol. The standard InChI is InChI=1S/C20H21F3N6O/c1-10-2-3-11(7-24)17(21)16(10)19(30)26-13-4-5-15-14(6-13)18(28-27-15)12-8-25-29(9-12)20(22)23/h2-3,8-9,13-15,18,20,27-28H,4-6H2,1H3,(H,26,30). The molecule has 1 aliphatic heterocycles. The maximum atomic E-state index is 14.5. The summed E-state index contributed by atoms with van der Waals surface area (Å²) in [7, 11) is 0. The minimum Gasteiger partial charge on any atom is -0.349 e. The molecule has 0 radical (unpaired) electrons. The highest BCUT2D eigenvalue weighted by Crippen LogP contribution is 2.38. The minimum absolute atomic E-state index is 0.0516. The Morgan fingerprint density at radius 1 is 1.37 bits per heavy atom. The Kier molecular flexibility index (Phi) is 5.49. The van der Waals surface area contributed by atoms with Crippen molar-refractivity contribution in [2.24, 2.45) is 5.92 Å². The number of benzene rings is 1. The van der Waals surface area contributed by atoms with Crippen molar-refractivity contribution >= 4 is 5.91 Å². The van der Waals surface area contributed by atoms with Gasteiger partial charge in [-0.3, -0.25) is 10.2 Å². The summed E-state index contributed by atoms with van der Waals surface area (Å²) >= 11 is 0. The molecule has 2 fully saturated rings. The van der Waals surface area contributed by atoms with E-state index in [2.05, 4.69) is 21.3 Å². The predicted octanol–water partition coefficient (Wildman–Crippen LogP) is 2.71. The van der Waals surface area contributed by atoms with E-state index in [0.717, 1.165) is 6.42 Å². The van der Waals surface area contributed by atoms with Crippen LogP contribution >= 0.6 is 0 Å². The number of carbonyl (C=O) groups excluding carboxylic acids is 1. The monoisotopic (exact) mass is 418 g/mol. The topological polar surface area (TPSA) is 94.8 Å². The third-order valence-electron chi connectivity index (χ3n) is 5.97. The molecule has 1 saturated carbocycles. The van der Waals surface area contributed by atoms with E-state index in [4.69, 9.17) is 5.26 Å². The van der Waals surface area contributed by atoms with E-state index >= 15 is 0 Å². The van der Waals surface area contributed by atoms with E-state index in [1.54, 1.807) is 19.1 Å². The maximum absolute atomic E-state index is 14.5.